The maximum absolute atomic E-state index is 13.4. The molecule has 0 radical (unpaired) electrons. The molecule has 0 bridgehead atoms. The number of carbonyl (C=O) groups is 5. The maximum Gasteiger partial charge on any atom is 0.334 e. The summed E-state index contributed by atoms with van der Waals surface area (Å²) in [4.78, 5) is 66.0. The summed E-state index contributed by atoms with van der Waals surface area (Å²) in [6, 6.07) is 16.5. The van der Waals surface area contributed by atoms with E-state index in [-0.39, 0.29) is 52.1 Å². The van der Waals surface area contributed by atoms with Crippen LogP contribution in [0.15, 0.2) is 72.3 Å². The van der Waals surface area contributed by atoms with Crippen LogP contribution < -0.4 is 9.47 Å². The summed E-state index contributed by atoms with van der Waals surface area (Å²) < 4.78 is 11.1. The van der Waals surface area contributed by atoms with Crippen LogP contribution in [0.2, 0.25) is 0 Å². The summed E-state index contributed by atoms with van der Waals surface area (Å²) in [5.41, 5.74) is 1.74. The van der Waals surface area contributed by atoms with Crippen LogP contribution in [-0.4, -0.2) is 47.4 Å². The Morgan fingerprint density at radius 3 is 1.85 bits per heavy atom. The first-order valence-electron chi connectivity index (χ1n) is 12.5. The predicted octanol–water partition coefficient (Wildman–Crippen LogP) is 4.77. The van der Waals surface area contributed by atoms with Crippen LogP contribution in [-0.2, 0) is 4.79 Å². The van der Waals surface area contributed by atoms with Gasteiger partial charge in [-0.3, -0.25) is 24.1 Å². The van der Waals surface area contributed by atoms with E-state index >= 15 is 0 Å². The van der Waals surface area contributed by atoms with E-state index in [1.165, 1.54) is 19.3 Å². The molecule has 0 spiro atoms. The van der Waals surface area contributed by atoms with Gasteiger partial charge < -0.3 is 9.47 Å². The van der Waals surface area contributed by atoms with Gasteiger partial charge in [-0.15, -0.1) is 0 Å². The van der Waals surface area contributed by atoms with E-state index in [2.05, 4.69) is 0 Å². The van der Waals surface area contributed by atoms with Gasteiger partial charge in [-0.1, -0.05) is 56.3 Å². The largest absolute Gasteiger partial charge is 0.493 e. The van der Waals surface area contributed by atoms with Crippen molar-refractivity contribution in [1.29, 1.82) is 0 Å². The molecule has 0 saturated carbocycles. The molecule has 1 aliphatic carbocycles. The highest BCUT2D eigenvalue weighted by Crippen LogP contribution is 2.33. The lowest BCUT2D eigenvalue weighted by atomic mass is 10.0. The highest BCUT2D eigenvalue weighted by Gasteiger charge is 2.43. The van der Waals surface area contributed by atoms with Crippen LogP contribution >= 0.6 is 0 Å². The monoisotopic (exact) mass is 523 g/mol. The van der Waals surface area contributed by atoms with Crippen LogP contribution in [0.1, 0.15) is 67.3 Å². The molecule has 8 heteroatoms. The number of Topliss-reactive ketones (excluding diaryl/α,β-unsaturated/α-hetero) is 2. The van der Waals surface area contributed by atoms with Crippen molar-refractivity contribution in [2.75, 3.05) is 7.11 Å². The Kier molecular flexibility index (Phi) is 6.70. The smallest absolute Gasteiger partial charge is 0.334 e. The second kappa shape index (κ2) is 10.1. The molecular formula is C31H25NO7. The van der Waals surface area contributed by atoms with Crippen LogP contribution in [0.3, 0.4) is 0 Å². The number of benzene rings is 3. The number of imide groups is 1. The number of hydrogen-bond acceptors (Lipinski definition) is 7. The van der Waals surface area contributed by atoms with Crippen molar-refractivity contribution < 1.29 is 33.4 Å². The number of ether oxygens (including phenoxy) is 2. The average Bonchev–Trinajstić information content (AvgIpc) is 3.32. The molecule has 1 unspecified atom stereocenters. The highest BCUT2D eigenvalue weighted by molar-refractivity contribution is 6.41. The quantitative estimate of drug-likeness (QED) is 0.144. The van der Waals surface area contributed by atoms with Crippen molar-refractivity contribution in [3.05, 3.63) is 100 Å². The molecule has 39 heavy (non-hydrogen) atoms. The van der Waals surface area contributed by atoms with E-state index in [1.807, 2.05) is 13.8 Å². The first-order valence-corrected chi connectivity index (χ1v) is 12.5. The number of amides is 2. The molecule has 1 atom stereocenters. The number of nitrogens with zero attached hydrogens (tertiary/aromatic N) is 1. The van der Waals surface area contributed by atoms with Gasteiger partial charge in [-0.25, -0.2) is 4.79 Å². The number of allylic oxidation sites excluding steroid dienone is 1. The van der Waals surface area contributed by atoms with Gasteiger partial charge in [0.25, 0.3) is 11.8 Å². The Morgan fingerprint density at radius 2 is 1.33 bits per heavy atom. The van der Waals surface area contributed by atoms with Crippen LogP contribution in [0.25, 0.3) is 6.08 Å². The zero-order valence-corrected chi connectivity index (χ0v) is 21.6. The van der Waals surface area contributed by atoms with E-state index in [0.29, 0.717) is 16.7 Å². The zero-order valence-electron chi connectivity index (χ0n) is 21.6. The standard InChI is InChI=1S/C31H25NO7/c1-17(2)14-24(32-29(35)21-10-6-7-11-22(21)30(32)36)31(37)39-25-13-12-18(16-26(25)38-3)15-23-27(33)19-8-4-5-9-20(19)28(23)34/h4-13,15-17,24H,14H2,1-3H3. The molecule has 0 saturated heterocycles. The summed E-state index contributed by atoms with van der Waals surface area (Å²) in [6.45, 7) is 3.76. The molecule has 3 aromatic carbocycles. The number of rotatable bonds is 7. The molecule has 1 heterocycles. The van der Waals surface area contributed by atoms with Gasteiger partial charge in [0.05, 0.1) is 23.8 Å². The number of esters is 1. The van der Waals surface area contributed by atoms with Gasteiger partial charge in [0.15, 0.2) is 23.1 Å². The fourth-order valence-corrected chi connectivity index (χ4v) is 4.85. The summed E-state index contributed by atoms with van der Waals surface area (Å²) in [5.74, 6) is -2.35. The minimum atomic E-state index is -1.14. The third kappa shape index (κ3) is 4.54. The van der Waals surface area contributed by atoms with Gasteiger partial charge in [0, 0.05) is 11.1 Å². The molecule has 2 aliphatic rings. The van der Waals surface area contributed by atoms with Crippen LogP contribution in [0.5, 0.6) is 11.5 Å². The van der Waals surface area contributed by atoms with E-state index in [4.69, 9.17) is 9.47 Å². The Labute approximate surface area is 224 Å². The number of fused-ring (bicyclic) bond motifs is 2. The first-order chi connectivity index (χ1) is 18.7. The summed E-state index contributed by atoms with van der Waals surface area (Å²) in [5, 5.41) is 0. The number of ketones is 2. The molecule has 3 aromatic rings. The summed E-state index contributed by atoms with van der Waals surface area (Å²) in [6.07, 6.45) is 1.68. The molecule has 1 aliphatic heterocycles. The zero-order chi connectivity index (χ0) is 27.8. The maximum atomic E-state index is 13.4. The molecule has 2 amide bonds. The average molecular weight is 524 g/mol. The lowest BCUT2D eigenvalue weighted by Crippen LogP contribution is -2.47. The van der Waals surface area contributed by atoms with Crippen molar-refractivity contribution in [3.8, 4) is 11.5 Å². The molecule has 5 rings (SSSR count). The minimum absolute atomic E-state index is 0.0200. The normalized spacial score (nSPS) is 15.0. The molecule has 0 fully saturated rings. The van der Waals surface area contributed by atoms with E-state index in [1.54, 1.807) is 60.7 Å². The van der Waals surface area contributed by atoms with E-state index in [0.717, 1.165) is 4.90 Å². The fraction of sp³-hybridized carbons (Fsp3) is 0.194. The van der Waals surface area contributed by atoms with Gasteiger partial charge in [0.1, 0.15) is 6.04 Å². The topological polar surface area (TPSA) is 107 Å². The van der Waals surface area contributed by atoms with Crippen molar-refractivity contribution in [1.82, 2.24) is 4.90 Å². The Balaban J connectivity index is 1.41. The van der Waals surface area contributed by atoms with Crippen LogP contribution in [0, 0.1) is 5.92 Å². The fourth-order valence-electron chi connectivity index (χ4n) is 4.85. The molecule has 0 aromatic heterocycles. The lowest BCUT2D eigenvalue weighted by molar-refractivity contribution is -0.139. The van der Waals surface area contributed by atoms with Crippen molar-refractivity contribution in [2.24, 2.45) is 5.92 Å². The first kappa shape index (κ1) is 25.8. The molecular weight excluding hydrogens is 498 g/mol. The minimum Gasteiger partial charge on any atom is -0.493 e. The van der Waals surface area contributed by atoms with Gasteiger partial charge in [0.2, 0.25) is 0 Å². The van der Waals surface area contributed by atoms with Gasteiger partial charge in [-0.2, -0.15) is 0 Å². The Bertz CT molecular complexity index is 1510. The highest BCUT2D eigenvalue weighted by atomic mass is 16.6. The molecule has 0 N–H and O–H groups in total. The number of carbonyl (C=O) groups excluding carboxylic acids is 5. The summed E-state index contributed by atoms with van der Waals surface area (Å²) >= 11 is 0. The second-order valence-electron chi connectivity index (χ2n) is 9.76. The predicted molar refractivity (Wildman–Crippen MR) is 142 cm³/mol. The number of methoxy groups -OCH3 is 1. The molecule has 196 valence electrons. The van der Waals surface area contributed by atoms with Crippen molar-refractivity contribution >= 4 is 35.4 Å². The SMILES string of the molecule is COc1cc(C=C2C(=O)c3ccccc3C2=O)ccc1OC(=O)C(CC(C)C)N1C(=O)c2ccccc2C1=O. The molecule has 8 nitrogen and oxygen atoms in total. The Morgan fingerprint density at radius 1 is 0.795 bits per heavy atom. The van der Waals surface area contributed by atoms with Gasteiger partial charge in [-0.05, 0) is 48.2 Å². The van der Waals surface area contributed by atoms with Crippen LogP contribution in [0.4, 0.5) is 0 Å². The number of hydrogen-bond donors (Lipinski definition) is 0. The third-order valence-electron chi connectivity index (χ3n) is 6.72. The summed E-state index contributed by atoms with van der Waals surface area (Å²) in [7, 11) is 1.39. The Hall–Kier alpha value is -4.85. The lowest BCUT2D eigenvalue weighted by Gasteiger charge is -2.26. The third-order valence-corrected chi connectivity index (χ3v) is 6.72. The van der Waals surface area contributed by atoms with E-state index in [9.17, 15) is 24.0 Å². The van der Waals surface area contributed by atoms with E-state index < -0.39 is 23.8 Å². The van der Waals surface area contributed by atoms with Gasteiger partial charge >= 0.3 is 5.97 Å². The second-order valence-corrected chi connectivity index (χ2v) is 9.76. The van der Waals surface area contributed by atoms with Crippen molar-refractivity contribution in [3.63, 3.8) is 0 Å². The van der Waals surface area contributed by atoms with Crippen molar-refractivity contribution in [2.45, 2.75) is 26.3 Å².